The molecule has 2 saturated heterocycles. The maximum Gasteiger partial charge on any atom is 0.239 e. The Balaban J connectivity index is 1.17. The summed E-state index contributed by atoms with van der Waals surface area (Å²) in [5.41, 5.74) is 2.67. The molecule has 2 aliphatic rings. The number of amides is 1. The summed E-state index contributed by atoms with van der Waals surface area (Å²) in [6.45, 7) is 8.87. The molecule has 2 aromatic carbocycles. The van der Waals surface area contributed by atoms with Gasteiger partial charge in [0.25, 0.3) is 0 Å². The molecule has 4 rings (SSSR count). The first-order valence-corrected chi connectivity index (χ1v) is 12.2. The minimum absolute atomic E-state index is 0.0114. The van der Waals surface area contributed by atoms with Crippen LogP contribution in [-0.4, -0.2) is 72.5 Å². The highest BCUT2D eigenvalue weighted by molar-refractivity contribution is 5.81. The monoisotopic (exact) mass is 431 g/mol. The molecule has 2 fully saturated rings. The smallest absolute Gasteiger partial charge is 0.239 e. The fraction of sp³-hybridized carbons (Fsp3) is 0.464. The van der Waals surface area contributed by atoms with Gasteiger partial charge in [-0.2, -0.15) is 0 Å². The zero-order valence-corrected chi connectivity index (χ0v) is 19.4. The van der Waals surface area contributed by atoms with E-state index < -0.39 is 0 Å². The van der Waals surface area contributed by atoms with E-state index in [0.717, 1.165) is 65.1 Å². The number of piperidine rings is 1. The van der Waals surface area contributed by atoms with Gasteiger partial charge in [-0.25, -0.2) is 0 Å². The Kier molecular flexibility index (Phi) is 8.13. The molecule has 2 aliphatic heterocycles. The van der Waals surface area contributed by atoms with Gasteiger partial charge in [0, 0.05) is 45.8 Å². The van der Waals surface area contributed by atoms with Crippen LogP contribution in [0.5, 0.6) is 0 Å². The van der Waals surface area contributed by atoms with E-state index in [4.69, 9.17) is 0 Å². The van der Waals surface area contributed by atoms with Gasteiger partial charge in [-0.3, -0.25) is 14.6 Å². The maximum atomic E-state index is 13.1. The van der Waals surface area contributed by atoms with Crippen LogP contribution in [0.4, 0.5) is 0 Å². The minimum atomic E-state index is -0.0114. The fourth-order valence-corrected chi connectivity index (χ4v) is 4.96. The number of rotatable bonds is 7. The van der Waals surface area contributed by atoms with Crippen molar-refractivity contribution in [3.8, 4) is 0 Å². The van der Waals surface area contributed by atoms with Crippen molar-refractivity contribution in [1.82, 2.24) is 14.7 Å². The number of hydrogen-bond acceptors (Lipinski definition) is 3. The highest BCUT2D eigenvalue weighted by atomic mass is 16.2. The van der Waals surface area contributed by atoms with E-state index in [0.29, 0.717) is 11.8 Å². The lowest BCUT2D eigenvalue weighted by atomic mass is 9.90. The zero-order chi connectivity index (χ0) is 22.2. The van der Waals surface area contributed by atoms with Gasteiger partial charge in [0.05, 0.1) is 6.04 Å². The second-order valence-electron chi connectivity index (χ2n) is 9.28. The number of hydrogen-bond donors (Lipinski definition) is 0. The second kappa shape index (κ2) is 11.4. The zero-order valence-electron chi connectivity index (χ0n) is 19.4. The lowest BCUT2D eigenvalue weighted by Gasteiger charge is -2.40. The molecule has 4 heteroatoms. The van der Waals surface area contributed by atoms with E-state index in [1.165, 1.54) is 11.1 Å². The van der Waals surface area contributed by atoms with Crippen LogP contribution in [0, 0.1) is 5.92 Å². The molecule has 0 bridgehead atoms. The Morgan fingerprint density at radius 1 is 0.906 bits per heavy atom. The predicted octanol–water partition coefficient (Wildman–Crippen LogP) is 4.19. The molecule has 2 aromatic rings. The molecule has 170 valence electrons. The lowest BCUT2D eigenvalue weighted by Crippen LogP contribution is -2.55. The van der Waals surface area contributed by atoms with Crippen molar-refractivity contribution in [1.29, 1.82) is 0 Å². The molecule has 0 aromatic heterocycles. The van der Waals surface area contributed by atoms with Gasteiger partial charge in [-0.05, 0) is 43.2 Å². The number of likely N-dealkylation sites (tertiary alicyclic amines) is 1. The highest BCUT2D eigenvalue weighted by Gasteiger charge is 2.30. The van der Waals surface area contributed by atoms with Gasteiger partial charge in [0.2, 0.25) is 5.91 Å². The van der Waals surface area contributed by atoms with Gasteiger partial charge in [0.1, 0.15) is 0 Å². The Hall–Kier alpha value is -2.43. The van der Waals surface area contributed by atoms with Crippen LogP contribution in [0.25, 0.3) is 6.08 Å². The average molecular weight is 432 g/mol. The summed E-state index contributed by atoms with van der Waals surface area (Å²) >= 11 is 0. The van der Waals surface area contributed by atoms with E-state index in [1.54, 1.807) is 0 Å². The molecular weight excluding hydrogens is 394 g/mol. The Bertz CT molecular complexity index is 851. The summed E-state index contributed by atoms with van der Waals surface area (Å²) in [7, 11) is 0. The molecule has 0 unspecified atom stereocenters. The second-order valence-corrected chi connectivity index (χ2v) is 9.28. The molecule has 0 spiro atoms. The molecule has 2 heterocycles. The molecule has 32 heavy (non-hydrogen) atoms. The van der Waals surface area contributed by atoms with Crippen molar-refractivity contribution in [2.45, 2.75) is 32.2 Å². The summed E-state index contributed by atoms with van der Waals surface area (Å²) in [6, 6.07) is 21.2. The highest BCUT2D eigenvalue weighted by Crippen LogP contribution is 2.23. The van der Waals surface area contributed by atoms with E-state index >= 15 is 0 Å². The van der Waals surface area contributed by atoms with Crippen LogP contribution >= 0.6 is 0 Å². The Morgan fingerprint density at radius 3 is 2.19 bits per heavy atom. The summed E-state index contributed by atoms with van der Waals surface area (Å²) in [5, 5.41) is 0. The lowest BCUT2D eigenvalue weighted by molar-refractivity contribution is -0.138. The first-order chi connectivity index (χ1) is 15.7. The van der Waals surface area contributed by atoms with Crippen molar-refractivity contribution in [3.63, 3.8) is 0 Å². The van der Waals surface area contributed by atoms with Gasteiger partial charge >= 0.3 is 0 Å². The van der Waals surface area contributed by atoms with Crippen molar-refractivity contribution in [2.75, 3.05) is 45.8 Å². The van der Waals surface area contributed by atoms with Crippen LogP contribution < -0.4 is 0 Å². The van der Waals surface area contributed by atoms with Crippen molar-refractivity contribution in [2.24, 2.45) is 5.92 Å². The predicted molar refractivity (Wildman–Crippen MR) is 132 cm³/mol. The first kappa shape index (κ1) is 22.8. The van der Waals surface area contributed by atoms with Crippen LogP contribution in [0.1, 0.15) is 30.9 Å². The molecular formula is C28H37N3O. The topological polar surface area (TPSA) is 26.8 Å². The van der Waals surface area contributed by atoms with Crippen molar-refractivity contribution in [3.05, 3.63) is 77.9 Å². The van der Waals surface area contributed by atoms with Gasteiger partial charge in [-0.15, -0.1) is 0 Å². The van der Waals surface area contributed by atoms with E-state index in [2.05, 4.69) is 88.4 Å². The summed E-state index contributed by atoms with van der Waals surface area (Å²) in [6.07, 6.45) is 7.82. The summed E-state index contributed by atoms with van der Waals surface area (Å²) in [5.74, 6) is 1.02. The summed E-state index contributed by atoms with van der Waals surface area (Å²) in [4.78, 5) is 20.1. The maximum absolute atomic E-state index is 13.1. The number of carbonyl (C=O) groups excluding carboxylic acids is 1. The summed E-state index contributed by atoms with van der Waals surface area (Å²) < 4.78 is 0. The SMILES string of the molecule is C[C@H](C(=O)N1CCC(Cc2ccccc2)CC1)N1CCN(C/C=C/c2ccccc2)CC1. The van der Waals surface area contributed by atoms with Gasteiger partial charge in [0.15, 0.2) is 0 Å². The van der Waals surface area contributed by atoms with E-state index in [1.807, 2.05) is 6.07 Å². The third kappa shape index (κ3) is 6.30. The Morgan fingerprint density at radius 2 is 1.53 bits per heavy atom. The number of nitrogens with zero attached hydrogens (tertiary/aromatic N) is 3. The third-order valence-electron chi connectivity index (χ3n) is 7.08. The van der Waals surface area contributed by atoms with Gasteiger partial charge in [-0.1, -0.05) is 72.8 Å². The molecule has 1 amide bonds. The quantitative estimate of drug-likeness (QED) is 0.658. The van der Waals surface area contributed by atoms with Gasteiger partial charge < -0.3 is 4.90 Å². The average Bonchev–Trinajstić information content (AvgIpc) is 2.85. The largest absolute Gasteiger partial charge is 0.341 e. The molecule has 0 N–H and O–H groups in total. The normalized spacial score (nSPS) is 20.0. The van der Waals surface area contributed by atoms with Crippen LogP contribution in [0.3, 0.4) is 0 Å². The van der Waals surface area contributed by atoms with Crippen LogP contribution in [-0.2, 0) is 11.2 Å². The van der Waals surface area contributed by atoms with Crippen LogP contribution in [0.15, 0.2) is 66.7 Å². The number of benzene rings is 2. The standard InChI is InChI=1S/C28H37N3O/c1-24(28(32)31-17-14-27(15-18-31)23-26-11-6-3-7-12-26)30-21-19-29(20-22-30)16-8-13-25-9-4-2-5-10-25/h2-13,24,27H,14-23H2,1H3/b13-8+/t24-/m1/s1. The molecule has 1 atom stereocenters. The van der Waals surface area contributed by atoms with E-state index in [-0.39, 0.29) is 6.04 Å². The third-order valence-corrected chi connectivity index (χ3v) is 7.08. The molecule has 0 radical (unpaired) electrons. The molecule has 4 nitrogen and oxygen atoms in total. The molecule has 0 saturated carbocycles. The fourth-order valence-electron chi connectivity index (χ4n) is 4.96. The first-order valence-electron chi connectivity index (χ1n) is 12.2. The molecule has 0 aliphatic carbocycles. The number of piperazine rings is 1. The minimum Gasteiger partial charge on any atom is -0.341 e. The van der Waals surface area contributed by atoms with E-state index in [9.17, 15) is 4.79 Å². The van der Waals surface area contributed by atoms with Crippen LogP contribution in [0.2, 0.25) is 0 Å². The van der Waals surface area contributed by atoms with Crippen molar-refractivity contribution >= 4 is 12.0 Å². The Labute approximate surface area is 193 Å². The van der Waals surface area contributed by atoms with Crippen molar-refractivity contribution < 1.29 is 4.79 Å². The number of carbonyl (C=O) groups is 1.